The summed E-state index contributed by atoms with van der Waals surface area (Å²) in [5.41, 5.74) is 1.86. The van der Waals surface area contributed by atoms with Gasteiger partial charge in [0, 0.05) is 16.1 Å². The number of para-hydroxylation sites is 1. The third kappa shape index (κ3) is 2.22. The summed E-state index contributed by atoms with van der Waals surface area (Å²) < 4.78 is 10.7. The number of rotatable bonds is 3. The molecule has 88 valence electrons. The molecule has 2 aromatic carbocycles. The molecule has 0 spiro atoms. The van der Waals surface area contributed by atoms with Crippen molar-refractivity contribution in [1.29, 1.82) is 0 Å². The first-order chi connectivity index (χ1) is 8.27. The van der Waals surface area contributed by atoms with E-state index in [2.05, 4.69) is 0 Å². The molecule has 0 saturated carbocycles. The van der Waals surface area contributed by atoms with E-state index in [1.165, 1.54) is 0 Å². The van der Waals surface area contributed by atoms with Crippen LogP contribution in [0.5, 0.6) is 11.5 Å². The Labute approximate surface area is 106 Å². The molecule has 0 bridgehead atoms. The van der Waals surface area contributed by atoms with Crippen molar-refractivity contribution in [3.63, 3.8) is 0 Å². The molecule has 3 heteroatoms. The molecular formula is C14H13ClO2. The lowest BCUT2D eigenvalue weighted by Crippen LogP contribution is -1.93. The summed E-state index contributed by atoms with van der Waals surface area (Å²) >= 11 is 6.19. The maximum atomic E-state index is 6.19. The summed E-state index contributed by atoms with van der Waals surface area (Å²) in [5.74, 6) is 1.40. The molecule has 17 heavy (non-hydrogen) atoms. The summed E-state index contributed by atoms with van der Waals surface area (Å²) in [4.78, 5) is 0. The van der Waals surface area contributed by atoms with Gasteiger partial charge in [-0.05, 0) is 12.1 Å². The number of hydrogen-bond acceptors (Lipinski definition) is 2. The third-order valence-electron chi connectivity index (χ3n) is 2.57. The molecule has 0 aliphatic rings. The van der Waals surface area contributed by atoms with E-state index in [0.717, 1.165) is 11.1 Å². The van der Waals surface area contributed by atoms with Gasteiger partial charge in [-0.25, -0.2) is 0 Å². The van der Waals surface area contributed by atoms with Gasteiger partial charge in [0.05, 0.1) is 14.2 Å². The lowest BCUT2D eigenvalue weighted by molar-refractivity contribution is 0.356. The monoisotopic (exact) mass is 248 g/mol. The van der Waals surface area contributed by atoms with Crippen molar-refractivity contribution in [2.75, 3.05) is 14.2 Å². The largest absolute Gasteiger partial charge is 0.493 e. The van der Waals surface area contributed by atoms with Crippen LogP contribution in [0, 0.1) is 0 Å². The van der Waals surface area contributed by atoms with Crippen LogP contribution in [0.2, 0.25) is 5.02 Å². The van der Waals surface area contributed by atoms with Crippen LogP contribution in [0.15, 0.2) is 42.5 Å². The van der Waals surface area contributed by atoms with Crippen molar-refractivity contribution in [3.8, 4) is 22.6 Å². The van der Waals surface area contributed by atoms with E-state index in [9.17, 15) is 0 Å². The number of hydrogen-bond donors (Lipinski definition) is 0. The average Bonchev–Trinajstić information content (AvgIpc) is 2.38. The molecule has 0 aliphatic heterocycles. The molecule has 0 N–H and O–H groups in total. The van der Waals surface area contributed by atoms with Gasteiger partial charge in [0.1, 0.15) is 0 Å². The first-order valence-corrected chi connectivity index (χ1v) is 5.61. The SMILES string of the molecule is COc1cccc(-c2ccccc2Cl)c1OC. The Morgan fingerprint density at radius 2 is 1.53 bits per heavy atom. The maximum absolute atomic E-state index is 6.19. The predicted molar refractivity (Wildman–Crippen MR) is 70.0 cm³/mol. The minimum Gasteiger partial charge on any atom is -0.493 e. The molecule has 0 atom stereocenters. The van der Waals surface area contributed by atoms with Crippen LogP contribution in [-0.2, 0) is 0 Å². The summed E-state index contributed by atoms with van der Waals surface area (Å²) in [6.07, 6.45) is 0. The summed E-state index contributed by atoms with van der Waals surface area (Å²) in [5, 5.41) is 0.694. The Balaban J connectivity index is 2.63. The zero-order valence-electron chi connectivity index (χ0n) is 9.74. The van der Waals surface area contributed by atoms with E-state index < -0.39 is 0 Å². The number of methoxy groups -OCH3 is 2. The van der Waals surface area contributed by atoms with Gasteiger partial charge in [-0.1, -0.05) is 41.9 Å². The van der Waals surface area contributed by atoms with Crippen molar-refractivity contribution in [3.05, 3.63) is 47.5 Å². The zero-order chi connectivity index (χ0) is 12.3. The fourth-order valence-electron chi connectivity index (χ4n) is 1.78. The Bertz CT molecular complexity index is 523. The van der Waals surface area contributed by atoms with Crippen molar-refractivity contribution in [1.82, 2.24) is 0 Å². The molecule has 0 aliphatic carbocycles. The lowest BCUT2D eigenvalue weighted by Gasteiger charge is -2.13. The minimum absolute atomic E-state index is 0.694. The van der Waals surface area contributed by atoms with Crippen LogP contribution in [0.1, 0.15) is 0 Å². The second-order valence-electron chi connectivity index (χ2n) is 3.52. The van der Waals surface area contributed by atoms with Crippen LogP contribution in [-0.4, -0.2) is 14.2 Å². The van der Waals surface area contributed by atoms with E-state index in [4.69, 9.17) is 21.1 Å². The summed E-state index contributed by atoms with van der Waals surface area (Å²) in [7, 11) is 3.24. The molecule has 2 aromatic rings. The number of benzene rings is 2. The highest BCUT2D eigenvalue weighted by Gasteiger charge is 2.12. The maximum Gasteiger partial charge on any atom is 0.168 e. The van der Waals surface area contributed by atoms with Gasteiger partial charge in [0.25, 0.3) is 0 Å². The predicted octanol–water partition coefficient (Wildman–Crippen LogP) is 4.02. The Morgan fingerprint density at radius 3 is 2.18 bits per heavy atom. The van der Waals surface area contributed by atoms with Gasteiger partial charge in [-0.3, -0.25) is 0 Å². The van der Waals surface area contributed by atoms with E-state index in [1.54, 1.807) is 14.2 Å². The second-order valence-corrected chi connectivity index (χ2v) is 3.93. The zero-order valence-corrected chi connectivity index (χ0v) is 10.5. The van der Waals surface area contributed by atoms with Crippen molar-refractivity contribution < 1.29 is 9.47 Å². The highest BCUT2D eigenvalue weighted by Crippen LogP contribution is 2.40. The first-order valence-electron chi connectivity index (χ1n) is 5.24. The number of ether oxygens (including phenoxy) is 2. The van der Waals surface area contributed by atoms with Crippen LogP contribution in [0.4, 0.5) is 0 Å². The fourth-order valence-corrected chi connectivity index (χ4v) is 2.02. The standard InChI is InChI=1S/C14H13ClO2/c1-16-13-9-5-7-11(14(13)17-2)10-6-3-4-8-12(10)15/h3-9H,1-2H3. The molecule has 2 rings (SSSR count). The van der Waals surface area contributed by atoms with E-state index in [-0.39, 0.29) is 0 Å². The van der Waals surface area contributed by atoms with Crippen molar-refractivity contribution in [2.24, 2.45) is 0 Å². The lowest BCUT2D eigenvalue weighted by atomic mass is 10.0. The topological polar surface area (TPSA) is 18.5 Å². The van der Waals surface area contributed by atoms with E-state index in [0.29, 0.717) is 16.5 Å². The van der Waals surface area contributed by atoms with Crippen molar-refractivity contribution >= 4 is 11.6 Å². The fraction of sp³-hybridized carbons (Fsp3) is 0.143. The Morgan fingerprint density at radius 1 is 0.824 bits per heavy atom. The van der Waals surface area contributed by atoms with E-state index in [1.807, 2.05) is 42.5 Å². The van der Waals surface area contributed by atoms with Gasteiger partial charge >= 0.3 is 0 Å². The smallest absolute Gasteiger partial charge is 0.168 e. The van der Waals surface area contributed by atoms with Gasteiger partial charge in [-0.2, -0.15) is 0 Å². The molecule has 2 nitrogen and oxygen atoms in total. The van der Waals surface area contributed by atoms with Gasteiger partial charge in [0.15, 0.2) is 11.5 Å². The Kier molecular flexibility index (Phi) is 3.55. The molecular weight excluding hydrogens is 236 g/mol. The minimum atomic E-state index is 0.694. The molecule has 0 saturated heterocycles. The third-order valence-corrected chi connectivity index (χ3v) is 2.90. The van der Waals surface area contributed by atoms with Crippen LogP contribution in [0.3, 0.4) is 0 Å². The molecule has 0 aromatic heterocycles. The van der Waals surface area contributed by atoms with Crippen LogP contribution in [0.25, 0.3) is 11.1 Å². The highest BCUT2D eigenvalue weighted by atomic mass is 35.5. The normalized spacial score (nSPS) is 10.1. The molecule has 0 radical (unpaired) electrons. The van der Waals surface area contributed by atoms with Gasteiger partial charge in [0.2, 0.25) is 0 Å². The quantitative estimate of drug-likeness (QED) is 0.817. The second kappa shape index (κ2) is 5.11. The highest BCUT2D eigenvalue weighted by molar-refractivity contribution is 6.33. The van der Waals surface area contributed by atoms with Gasteiger partial charge < -0.3 is 9.47 Å². The molecule has 0 amide bonds. The molecule has 0 heterocycles. The van der Waals surface area contributed by atoms with Crippen LogP contribution < -0.4 is 9.47 Å². The van der Waals surface area contributed by atoms with E-state index >= 15 is 0 Å². The Hall–Kier alpha value is -1.67. The average molecular weight is 249 g/mol. The van der Waals surface area contributed by atoms with Crippen LogP contribution >= 0.6 is 11.6 Å². The molecule has 0 unspecified atom stereocenters. The molecule has 0 fully saturated rings. The number of halogens is 1. The summed E-state index contributed by atoms with van der Waals surface area (Å²) in [6, 6.07) is 13.4. The summed E-state index contributed by atoms with van der Waals surface area (Å²) in [6.45, 7) is 0. The van der Waals surface area contributed by atoms with Crippen molar-refractivity contribution in [2.45, 2.75) is 0 Å². The first kappa shape index (κ1) is 11.8. The van der Waals surface area contributed by atoms with Gasteiger partial charge in [-0.15, -0.1) is 0 Å².